The molecule has 1 heterocycles. The van der Waals surface area contributed by atoms with Crippen LogP contribution in [-0.2, 0) is 0 Å². The van der Waals surface area contributed by atoms with Crippen LogP contribution in [-0.4, -0.2) is 0 Å². The molecule has 0 atom stereocenters. The first-order valence-corrected chi connectivity index (χ1v) is 17.1. The zero-order valence-electron chi connectivity index (χ0n) is 27.3. The van der Waals surface area contributed by atoms with Crippen LogP contribution in [0.5, 0.6) is 0 Å². The second kappa shape index (κ2) is 11.5. The SMILES string of the molecule is c1ccc(-c2ccc(N(c3ccccc3-c3cc4ccccc4c4ccccc34)c3cccc4oc5cc6ccccc6cc5c34)cc2)cc1. The average molecular weight is 638 g/mol. The standard InChI is InChI=1S/C48H31NO/c1-2-13-32(14-3-1)33-25-27-37(28-26-33)49(45-23-12-24-46-48(45)43-29-34-15-4-5-16-35(34)31-47(43)50-46)44-22-11-10-21-41(44)42-30-36-17-6-7-18-38(36)39-19-8-9-20-40(39)42/h1-31H. The van der Waals surface area contributed by atoms with Gasteiger partial charge in [-0.25, -0.2) is 0 Å². The lowest BCUT2D eigenvalue weighted by atomic mass is 9.92. The molecular weight excluding hydrogens is 607 g/mol. The Morgan fingerprint density at radius 3 is 1.78 bits per heavy atom. The first-order valence-electron chi connectivity index (χ1n) is 17.1. The highest BCUT2D eigenvalue weighted by atomic mass is 16.3. The van der Waals surface area contributed by atoms with Crippen molar-refractivity contribution in [3.63, 3.8) is 0 Å². The van der Waals surface area contributed by atoms with Crippen LogP contribution >= 0.6 is 0 Å². The number of hydrogen-bond acceptors (Lipinski definition) is 2. The van der Waals surface area contributed by atoms with Gasteiger partial charge in [0.05, 0.1) is 16.8 Å². The summed E-state index contributed by atoms with van der Waals surface area (Å²) in [7, 11) is 0. The molecule has 0 aliphatic carbocycles. The average Bonchev–Trinajstić information content (AvgIpc) is 3.55. The van der Waals surface area contributed by atoms with Gasteiger partial charge in [-0.1, -0.05) is 140 Å². The zero-order chi connectivity index (χ0) is 33.0. The molecule has 10 aromatic rings. The molecule has 10 rings (SSSR count). The number of nitrogens with zero attached hydrogens (tertiary/aromatic N) is 1. The van der Waals surface area contributed by atoms with Gasteiger partial charge in [0, 0.05) is 16.6 Å². The van der Waals surface area contributed by atoms with Crippen LogP contribution in [0.15, 0.2) is 192 Å². The molecule has 0 spiro atoms. The third kappa shape index (κ3) is 4.57. The molecule has 0 radical (unpaired) electrons. The molecule has 0 fully saturated rings. The van der Waals surface area contributed by atoms with Crippen molar-refractivity contribution in [3.05, 3.63) is 188 Å². The second-order valence-corrected chi connectivity index (χ2v) is 12.9. The Bertz CT molecular complexity index is 2870. The Labute approximate surface area is 290 Å². The number of para-hydroxylation sites is 1. The molecule has 0 aliphatic heterocycles. The molecular formula is C48H31NO. The van der Waals surface area contributed by atoms with Gasteiger partial charge < -0.3 is 9.32 Å². The van der Waals surface area contributed by atoms with Crippen LogP contribution in [0, 0.1) is 0 Å². The lowest BCUT2D eigenvalue weighted by Gasteiger charge is -2.29. The van der Waals surface area contributed by atoms with Crippen LogP contribution in [0.25, 0.3) is 76.5 Å². The van der Waals surface area contributed by atoms with Gasteiger partial charge >= 0.3 is 0 Å². The second-order valence-electron chi connectivity index (χ2n) is 12.9. The smallest absolute Gasteiger partial charge is 0.137 e. The third-order valence-corrected chi connectivity index (χ3v) is 10.0. The summed E-state index contributed by atoms with van der Waals surface area (Å²) < 4.78 is 6.59. The normalized spacial score (nSPS) is 11.6. The molecule has 0 unspecified atom stereocenters. The minimum atomic E-state index is 0.868. The summed E-state index contributed by atoms with van der Waals surface area (Å²) in [5, 5.41) is 9.54. The van der Waals surface area contributed by atoms with E-state index >= 15 is 0 Å². The summed E-state index contributed by atoms with van der Waals surface area (Å²) >= 11 is 0. The molecule has 0 saturated carbocycles. The summed E-state index contributed by atoms with van der Waals surface area (Å²) in [4.78, 5) is 2.42. The number of anilines is 3. The molecule has 1 aromatic heterocycles. The van der Waals surface area contributed by atoms with Crippen LogP contribution < -0.4 is 4.90 Å². The van der Waals surface area contributed by atoms with Crippen molar-refractivity contribution >= 4 is 71.3 Å². The van der Waals surface area contributed by atoms with Gasteiger partial charge in [-0.2, -0.15) is 0 Å². The summed E-state index contributed by atoms with van der Waals surface area (Å²) in [6.45, 7) is 0. The minimum Gasteiger partial charge on any atom is -0.456 e. The molecule has 0 amide bonds. The highest BCUT2D eigenvalue weighted by Crippen LogP contribution is 2.48. The topological polar surface area (TPSA) is 16.4 Å². The molecule has 0 saturated heterocycles. The van der Waals surface area contributed by atoms with Crippen molar-refractivity contribution in [3.8, 4) is 22.3 Å². The van der Waals surface area contributed by atoms with Gasteiger partial charge in [0.15, 0.2) is 0 Å². The monoisotopic (exact) mass is 637 g/mol. The van der Waals surface area contributed by atoms with Crippen molar-refractivity contribution in [2.45, 2.75) is 0 Å². The zero-order valence-corrected chi connectivity index (χ0v) is 27.3. The van der Waals surface area contributed by atoms with Gasteiger partial charge in [0.1, 0.15) is 11.2 Å². The van der Waals surface area contributed by atoms with E-state index in [-0.39, 0.29) is 0 Å². The van der Waals surface area contributed by atoms with Gasteiger partial charge in [-0.3, -0.25) is 0 Å². The van der Waals surface area contributed by atoms with Crippen LogP contribution in [0.3, 0.4) is 0 Å². The first-order chi connectivity index (χ1) is 24.8. The summed E-state index contributed by atoms with van der Waals surface area (Å²) in [6, 6.07) is 67.5. The Hall–Kier alpha value is -6.64. The predicted molar refractivity (Wildman–Crippen MR) is 212 cm³/mol. The molecule has 2 nitrogen and oxygen atoms in total. The lowest BCUT2D eigenvalue weighted by molar-refractivity contribution is 0.669. The molecule has 234 valence electrons. The van der Waals surface area contributed by atoms with Crippen molar-refractivity contribution < 1.29 is 4.42 Å². The van der Waals surface area contributed by atoms with E-state index in [4.69, 9.17) is 4.42 Å². The van der Waals surface area contributed by atoms with E-state index in [1.807, 2.05) is 0 Å². The summed E-state index contributed by atoms with van der Waals surface area (Å²) in [5.74, 6) is 0. The first kappa shape index (κ1) is 28.4. The fourth-order valence-corrected chi connectivity index (χ4v) is 7.69. The lowest BCUT2D eigenvalue weighted by Crippen LogP contribution is -2.11. The number of furan rings is 1. The molecule has 0 bridgehead atoms. The molecule has 2 heteroatoms. The Kier molecular flexibility index (Phi) is 6.53. The predicted octanol–water partition coefficient (Wildman–Crippen LogP) is 13.8. The largest absolute Gasteiger partial charge is 0.456 e. The van der Waals surface area contributed by atoms with Crippen molar-refractivity contribution in [2.75, 3.05) is 4.90 Å². The number of rotatable bonds is 5. The van der Waals surface area contributed by atoms with Crippen molar-refractivity contribution in [2.24, 2.45) is 0 Å². The van der Waals surface area contributed by atoms with E-state index in [9.17, 15) is 0 Å². The minimum absolute atomic E-state index is 0.868. The van der Waals surface area contributed by atoms with Gasteiger partial charge in [-0.05, 0) is 97.5 Å². The van der Waals surface area contributed by atoms with Crippen LogP contribution in [0.2, 0.25) is 0 Å². The highest BCUT2D eigenvalue weighted by molar-refractivity contribution is 6.18. The summed E-state index contributed by atoms with van der Waals surface area (Å²) in [6.07, 6.45) is 0. The van der Waals surface area contributed by atoms with E-state index in [0.29, 0.717) is 0 Å². The van der Waals surface area contributed by atoms with E-state index in [1.54, 1.807) is 0 Å². The molecule has 0 N–H and O–H groups in total. The van der Waals surface area contributed by atoms with Gasteiger partial charge in [0.25, 0.3) is 0 Å². The molecule has 9 aromatic carbocycles. The van der Waals surface area contributed by atoms with Gasteiger partial charge in [0.2, 0.25) is 0 Å². The summed E-state index contributed by atoms with van der Waals surface area (Å²) in [5.41, 5.74) is 9.75. The van der Waals surface area contributed by atoms with Crippen molar-refractivity contribution in [1.82, 2.24) is 0 Å². The fourth-order valence-electron chi connectivity index (χ4n) is 7.69. The van der Waals surface area contributed by atoms with E-state index in [1.165, 1.54) is 49.0 Å². The van der Waals surface area contributed by atoms with E-state index in [2.05, 4.69) is 193 Å². The van der Waals surface area contributed by atoms with Crippen LogP contribution in [0.1, 0.15) is 0 Å². The quantitative estimate of drug-likeness (QED) is 0.175. The Morgan fingerprint density at radius 1 is 0.340 bits per heavy atom. The van der Waals surface area contributed by atoms with Gasteiger partial charge in [-0.15, -0.1) is 0 Å². The number of fused-ring (bicyclic) bond motifs is 7. The fraction of sp³-hybridized carbons (Fsp3) is 0. The maximum atomic E-state index is 6.59. The number of hydrogen-bond donors (Lipinski definition) is 0. The maximum Gasteiger partial charge on any atom is 0.137 e. The van der Waals surface area contributed by atoms with E-state index in [0.717, 1.165) is 44.6 Å². The van der Waals surface area contributed by atoms with Crippen molar-refractivity contribution in [1.29, 1.82) is 0 Å². The van der Waals surface area contributed by atoms with Crippen LogP contribution in [0.4, 0.5) is 17.1 Å². The third-order valence-electron chi connectivity index (χ3n) is 10.0. The Morgan fingerprint density at radius 2 is 0.960 bits per heavy atom. The molecule has 50 heavy (non-hydrogen) atoms. The van der Waals surface area contributed by atoms with E-state index < -0.39 is 0 Å². The highest BCUT2D eigenvalue weighted by Gasteiger charge is 2.23. The number of benzene rings is 9. The Balaban J connectivity index is 1.27. The maximum absolute atomic E-state index is 6.59. The molecule has 0 aliphatic rings.